The second kappa shape index (κ2) is 8.93. The molecular weight excluding hydrogens is 365 g/mol. The second-order valence-electron chi connectivity index (χ2n) is 3.71. The van der Waals surface area contributed by atoms with Crippen molar-refractivity contribution >= 4 is 52.5 Å². The van der Waals surface area contributed by atoms with Crippen molar-refractivity contribution in [1.82, 2.24) is 0 Å². The third-order valence-corrected chi connectivity index (χ3v) is 3.30. The first-order valence-electron chi connectivity index (χ1n) is 5.79. The highest BCUT2D eigenvalue weighted by Gasteiger charge is 1.96. The largest absolute Gasteiger partial charge is 0.257 e. The third-order valence-electron chi connectivity index (χ3n) is 2.48. The summed E-state index contributed by atoms with van der Waals surface area (Å²) in [4.78, 5) is 5.62. The van der Waals surface area contributed by atoms with Crippen LogP contribution in [0.3, 0.4) is 0 Å². The predicted molar refractivity (Wildman–Crippen MR) is 97.9 cm³/mol. The third kappa shape index (κ3) is 5.20. The molecule has 0 heterocycles. The molecule has 0 aliphatic rings. The molecule has 3 heteroatoms. The zero-order valence-corrected chi connectivity index (χ0v) is 13.8. The molecule has 0 aromatic heterocycles. The zero-order chi connectivity index (χ0) is 12.6. The molecule has 98 valence electrons. The summed E-state index contributed by atoms with van der Waals surface area (Å²) in [5.74, 6) is 0. The van der Waals surface area contributed by atoms with Gasteiger partial charge in [-0.3, -0.25) is 4.99 Å². The number of benzene rings is 2. The summed E-state index contributed by atoms with van der Waals surface area (Å²) in [5, 5.41) is 0. The zero-order valence-electron chi connectivity index (χ0n) is 10.7. The van der Waals surface area contributed by atoms with Gasteiger partial charge in [0.05, 0.1) is 5.69 Å². The maximum absolute atomic E-state index is 4.40. The van der Waals surface area contributed by atoms with Crippen LogP contribution in [0.25, 0.3) is 4.91 Å². The molecule has 2 aromatic carbocycles. The number of thioether (sulfide) groups is 1. The number of aliphatic imine (C=N–C) groups is 1. The van der Waals surface area contributed by atoms with Gasteiger partial charge in [-0.2, -0.15) is 0 Å². The molecule has 0 amide bonds. The molecule has 0 saturated carbocycles. The molecule has 0 spiro atoms. The van der Waals surface area contributed by atoms with Crippen molar-refractivity contribution in [2.45, 2.75) is 0 Å². The highest BCUT2D eigenvalue weighted by Crippen LogP contribution is 2.24. The Bertz CT molecular complexity index is 535. The maximum Gasteiger partial charge on any atom is 0.0629 e. The molecule has 0 radical (unpaired) electrons. The summed E-state index contributed by atoms with van der Waals surface area (Å²) in [5.41, 5.74) is 2.20. The molecule has 0 aliphatic heterocycles. The van der Waals surface area contributed by atoms with Crippen LogP contribution < -0.4 is 0 Å². The highest BCUT2D eigenvalue weighted by molar-refractivity contribution is 14.0. The smallest absolute Gasteiger partial charge is 0.0629 e. The lowest BCUT2D eigenvalue weighted by Crippen LogP contribution is -1.79. The Kier molecular flexibility index (Phi) is 7.52. The number of hydrogen-bond acceptors (Lipinski definition) is 2. The Hall–Kier alpha value is -1.07. The SMILES string of the molecule is CS/C(=C/C=Nc1ccccc1)c1ccccc1.I. The lowest BCUT2D eigenvalue weighted by molar-refractivity contribution is 1.54. The first-order chi connectivity index (χ1) is 8.90. The van der Waals surface area contributed by atoms with Gasteiger partial charge in [-0.05, 0) is 30.0 Å². The monoisotopic (exact) mass is 381 g/mol. The van der Waals surface area contributed by atoms with Crippen LogP contribution in [0.5, 0.6) is 0 Å². The summed E-state index contributed by atoms with van der Waals surface area (Å²) in [6.07, 6.45) is 5.98. The van der Waals surface area contributed by atoms with Crippen LogP contribution in [-0.4, -0.2) is 12.5 Å². The van der Waals surface area contributed by atoms with Crippen LogP contribution >= 0.6 is 35.7 Å². The Morgan fingerprint density at radius 3 is 2.11 bits per heavy atom. The van der Waals surface area contributed by atoms with Gasteiger partial charge < -0.3 is 0 Å². The topological polar surface area (TPSA) is 12.4 Å². The average molecular weight is 381 g/mol. The van der Waals surface area contributed by atoms with Crippen molar-refractivity contribution in [3.8, 4) is 0 Å². The minimum absolute atomic E-state index is 0. The van der Waals surface area contributed by atoms with Gasteiger partial charge in [0.1, 0.15) is 0 Å². The fourth-order valence-electron chi connectivity index (χ4n) is 1.59. The number of para-hydroxylation sites is 1. The van der Waals surface area contributed by atoms with Gasteiger partial charge in [-0.25, -0.2) is 0 Å². The molecule has 19 heavy (non-hydrogen) atoms. The Labute approximate surface area is 135 Å². The van der Waals surface area contributed by atoms with Crippen molar-refractivity contribution in [3.63, 3.8) is 0 Å². The van der Waals surface area contributed by atoms with Crippen molar-refractivity contribution in [2.75, 3.05) is 6.26 Å². The minimum Gasteiger partial charge on any atom is -0.257 e. The van der Waals surface area contributed by atoms with E-state index < -0.39 is 0 Å². The van der Waals surface area contributed by atoms with E-state index in [0.717, 1.165) is 5.69 Å². The van der Waals surface area contributed by atoms with Gasteiger partial charge >= 0.3 is 0 Å². The van der Waals surface area contributed by atoms with Gasteiger partial charge in [0, 0.05) is 11.1 Å². The van der Waals surface area contributed by atoms with E-state index in [4.69, 9.17) is 0 Å². The van der Waals surface area contributed by atoms with E-state index in [0.29, 0.717) is 0 Å². The molecular formula is C16H16INS. The van der Waals surface area contributed by atoms with Crippen LogP contribution in [0.2, 0.25) is 0 Å². The predicted octanol–water partition coefficient (Wildman–Crippen LogP) is 5.41. The molecule has 0 aliphatic carbocycles. The molecule has 0 bridgehead atoms. The van der Waals surface area contributed by atoms with Gasteiger partial charge in [-0.1, -0.05) is 48.5 Å². The molecule has 2 aromatic rings. The molecule has 0 atom stereocenters. The van der Waals surface area contributed by atoms with Crippen molar-refractivity contribution in [2.24, 2.45) is 4.99 Å². The lowest BCUT2D eigenvalue weighted by Gasteiger charge is -2.01. The Morgan fingerprint density at radius 1 is 0.947 bits per heavy atom. The van der Waals surface area contributed by atoms with Crippen molar-refractivity contribution in [3.05, 3.63) is 72.3 Å². The van der Waals surface area contributed by atoms with E-state index in [2.05, 4.69) is 23.4 Å². The van der Waals surface area contributed by atoms with Gasteiger partial charge in [0.2, 0.25) is 0 Å². The molecule has 0 N–H and O–H groups in total. The highest BCUT2D eigenvalue weighted by atomic mass is 127. The summed E-state index contributed by atoms with van der Waals surface area (Å²) >= 11 is 1.73. The van der Waals surface area contributed by atoms with Crippen LogP contribution in [0.4, 0.5) is 5.69 Å². The standard InChI is InChI=1S/C16H15NS.HI/c1-18-16(14-8-4-2-5-9-14)12-13-17-15-10-6-3-7-11-15;/h2-13H,1H3;1H/b16-12+,17-13?;. The molecule has 0 unspecified atom stereocenters. The number of halogens is 1. The fraction of sp³-hybridized carbons (Fsp3) is 0.0625. The number of rotatable bonds is 4. The van der Waals surface area contributed by atoms with Crippen LogP contribution in [0, 0.1) is 0 Å². The summed E-state index contributed by atoms with van der Waals surface area (Å²) < 4.78 is 0. The number of nitrogens with zero attached hydrogens (tertiary/aromatic N) is 1. The molecule has 0 saturated heterocycles. The average Bonchev–Trinajstić information content (AvgIpc) is 2.46. The van der Waals surface area contributed by atoms with Crippen molar-refractivity contribution in [1.29, 1.82) is 0 Å². The Morgan fingerprint density at radius 2 is 1.53 bits per heavy atom. The van der Waals surface area contributed by atoms with Gasteiger partial charge in [-0.15, -0.1) is 35.7 Å². The van der Waals surface area contributed by atoms with Crippen LogP contribution in [0.15, 0.2) is 71.7 Å². The summed E-state index contributed by atoms with van der Waals surface area (Å²) in [7, 11) is 0. The van der Waals surface area contributed by atoms with E-state index in [-0.39, 0.29) is 24.0 Å². The van der Waals surface area contributed by atoms with E-state index in [9.17, 15) is 0 Å². The first kappa shape index (κ1) is 16.0. The Balaban J connectivity index is 0.00000180. The van der Waals surface area contributed by atoms with E-state index in [1.165, 1.54) is 10.5 Å². The van der Waals surface area contributed by atoms with E-state index in [1.54, 1.807) is 11.8 Å². The van der Waals surface area contributed by atoms with E-state index >= 15 is 0 Å². The normalized spacial score (nSPS) is 11.3. The molecule has 0 fully saturated rings. The number of hydrogen-bond donors (Lipinski definition) is 0. The van der Waals surface area contributed by atoms with Gasteiger partial charge in [0.15, 0.2) is 0 Å². The first-order valence-corrected chi connectivity index (χ1v) is 7.01. The maximum atomic E-state index is 4.40. The molecule has 1 nitrogen and oxygen atoms in total. The molecule has 2 rings (SSSR count). The lowest BCUT2D eigenvalue weighted by atomic mass is 10.2. The van der Waals surface area contributed by atoms with Gasteiger partial charge in [0.25, 0.3) is 0 Å². The van der Waals surface area contributed by atoms with Crippen LogP contribution in [0.1, 0.15) is 5.56 Å². The fourth-order valence-corrected chi connectivity index (χ4v) is 2.16. The second-order valence-corrected chi connectivity index (χ2v) is 4.56. The minimum atomic E-state index is 0. The number of allylic oxidation sites excluding steroid dienone is 1. The van der Waals surface area contributed by atoms with Crippen molar-refractivity contribution < 1.29 is 0 Å². The summed E-state index contributed by atoms with van der Waals surface area (Å²) in [6, 6.07) is 20.3. The quantitative estimate of drug-likeness (QED) is 0.510. The summed E-state index contributed by atoms with van der Waals surface area (Å²) in [6.45, 7) is 0. The van der Waals surface area contributed by atoms with E-state index in [1.807, 2.05) is 60.8 Å². The van der Waals surface area contributed by atoms with Crippen LogP contribution in [-0.2, 0) is 0 Å².